The number of hydrogen-bond acceptors (Lipinski definition) is 3. The number of ether oxygens (including phenoxy) is 1. The summed E-state index contributed by atoms with van der Waals surface area (Å²) in [5, 5.41) is 7.31. The van der Waals surface area contributed by atoms with Crippen molar-refractivity contribution < 1.29 is 17.9 Å². The minimum absolute atomic E-state index is 0.393. The summed E-state index contributed by atoms with van der Waals surface area (Å²) < 4.78 is 46.8. The summed E-state index contributed by atoms with van der Waals surface area (Å²) in [5.74, 6) is -0.938. The topological polar surface area (TPSA) is 39.1 Å². The highest BCUT2D eigenvalue weighted by Gasteiger charge is 2.33. The number of halogens is 3. The van der Waals surface area contributed by atoms with Crippen LogP contribution in [0, 0.1) is 5.82 Å². The molecular weight excluding hydrogens is 319 g/mol. The van der Waals surface area contributed by atoms with Gasteiger partial charge < -0.3 is 10.1 Å². The van der Waals surface area contributed by atoms with Crippen molar-refractivity contribution in [3.8, 4) is 0 Å². The number of methoxy groups -OCH3 is 1. The van der Waals surface area contributed by atoms with Crippen molar-refractivity contribution in [1.29, 1.82) is 0 Å². The van der Waals surface area contributed by atoms with Gasteiger partial charge in [0.2, 0.25) is 0 Å². The van der Waals surface area contributed by atoms with Gasteiger partial charge in [0.25, 0.3) is 6.43 Å². The summed E-state index contributed by atoms with van der Waals surface area (Å²) in [6.07, 6.45) is 5.88. The lowest BCUT2D eigenvalue weighted by Crippen LogP contribution is -2.44. The minimum Gasteiger partial charge on any atom is -0.352 e. The van der Waals surface area contributed by atoms with Gasteiger partial charge in [-0.05, 0) is 30.4 Å². The Labute approximate surface area is 137 Å². The first-order chi connectivity index (χ1) is 11.5. The van der Waals surface area contributed by atoms with Gasteiger partial charge in [-0.15, -0.1) is 0 Å². The van der Waals surface area contributed by atoms with Crippen LogP contribution in [0.1, 0.15) is 17.6 Å². The van der Waals surface area contributed by atoms with E-state index in [4.69, 9.17) is 4.74 Å². The molecule has 2 aromatic rings. The number of dihydropyridines is 1. The summed E-state index contributed by atoms with van der Waals surface area (Å²) in [7, 11) is 1.46. The molecule has 2 heterocycles. The molecule has 3 rings (SSSR count). The zero-order valence-electron chi connectivity index (χ0n) is 12.9. The summed E-state index contributed by atoms with van der Waals surface area (Å²) in [6, 6.07) is 5.38. The number of nitrogens with zero attached hydrogens (tertiary/aromatic N) is 2. The first-order valence-corrected chi connectivity index (χ1v) is 7.31. The summed E-state index contributed by atoms with van der Waals surface area (Å²) >= 11 is 0. The molecule has 1 unspecified atom stereocenters. The van der Waals surface area contributed by atoms with E-state index in [2.05, 4.69) is 10.4 Å². The van der Waals surface area contributed by atoms with Gasteiger partial charge in [-0.25, -0.2) is 13.2 Å². The third kappa shape index (κ3) is 3.07. The van der Waals surface area contributed by atoms with Gasteiger partial charge in [-0.3, -0.25) is 4.68 Å². The molecule has 0 bridgehead atoms. The van der Waals surface area contributed by atoms with Crippen molar-refractivity contribution >= 4 is 0 Å². The van der Waals surface area contributed by atoms with E-state index < -0.39 is 23.5 Å². The van der Waals surface area contributed by atoms with Crippen LogP contribution in [0.3, 0.4) is 0 Å². The van der Waals surface area contributed by atoms with Crippen LogP contribution in [0.5, 0.6) is 0 Å². The molecule has 126 valence electrons. The summed E-state index contributed by atoms with van der Waals surface area (Å²) in [5.41, 5.74) is -0.619. The normalized spacial score (nSPS) is 20.1. The van der Waals surface area contributed by atoms with Gasteiger partial charge in [-0.2, -0.15) is 5.10 Å². The van der Waals surface area contributed by atoms with Crippen molar-refractivity contribution in [2.45, 2.75) is 18.7 Å². The van der Waals surface area contributed by atoms with Gasteiger partial charge in [0.1, 0.15) is 5.82 Å². The molecule has 0 saturated heterocycles. The summed E-state index contributed by atoms with van der Waals surface area (Å²) in [4.78, 5) is 0. The number of aromatic nitrogens is 2. The number of nitrogens with one attached hydrogen (secondary N) is 1. The number of rotatable bonds is 5. The van der Waals surface area contributed by atoms with E-state index in [9.17, 15) is 13.2 Å². The Morgan fingerprint density at radius 2 is 2.21 bits per heavy atom. The van der Waals surface area contributed by atoms with Crippen LogP contribution >= 0.6 is 0 Å². The Bertz CT molecular complexity index is 771. The molecule has 1 aliphatic heterocycles. The second-order valence-electron chi connectivity index (χ2n) is 5.36. The Morgan fingerprint density at radius 1 is 1.38 bits per heavy atom. The first-order valence-electron chi connectivity index (χ1n) is 7.31. The molecule has 1 aliphatic rings. The van der Waals surface area contributed by atoms with Crippen LogP contribution in [0.2, 0.25) is 0 Å². The van der Waals surface area contributed by atoms with Crippen LogP contribution in [0.4, 0.5) is 13.2 Å². The van der Waals surface area contributed by atoms with Crippen LogP contribution < -0.4 is 5.32 Å². The SMILES string of the molecule is COC1(c2ccc(F)c(C(F)F)c2)C=CC=C(Cn2cccn2)N1. The van der Waals surface area contributed by atoms with E-state index in [0.717, 1.165) is 17.8 Å². The fourth-order valence-electron chi connectivity index (χ4n) is 2.63. The van der Waals surface area contributed by atoms with Gasteiger partial charge in [0.05, 0.1) is 12.1 Å². The number of allylic oxidation sites excluding steroid dienone is 3. The monoisotopic (exact) mass is 335 g/mol. The van der Waals surface area contributed by atoms with E-state index in [1.807, 2.05) is 12.3 Å². The van der Waals surface area contributed by atoms with Crippen molar-refractivity contribution in [2.75, 3.05) is 7.11 Å². The summed E-state index contributed by atoms with van der Waals surface area (Å²) in [6.45, 7) is 0.464. The fraction of sp³-hybridized carbons (Fsp3) is 0.235. The highest BCUT2D eigenvalue weighted by Crippen LogP contribution is 2.32. The third-order valence-electron chi connectivity index (χ3n) is 3.85. The third-order valence-corrected chi connectivity index (χ3v) is 3.85. The predicted octanol–water partition coefficient (Wildman–Crippen LogP) is 3.50. The van der Waals surface area contributed by atoms with E-state index in [1.165, 1.54) is 13.2 Å². The molecule has 0 aliphatic carbocycles. The Balaban J connectivity index is 1.91. The van der Waals surface area contributed by atoms with Crippen molar-refractivity contribution in [3.63, 3.8) is 0 Å². The number of hydrogen-bond donors (Lipinski definition) is 1. The minimum atomic E-state index is -2.90. The zero-order valence-corrected chi connectivity index (χ0v) is 12.9. The molecule has 0 fully saturated rings. The Morgan fingerprint density at radius 3 is 2.88 bits per heavy atom. The maximum Gasteiger partial charge on any atom is 0.266 e. The van der Waals surface area contributed by atoms with Crippen molar-refractivity contribution in [1.82, 2.24) is 15.1 Å². The molecule has 0 radical (unpaired) electrons. The fourth-order valence-corrected chi connectivity index (χ4v) is 2.63. The Hall–Kier alpha value is -2.54. The van der Waals surface area contributed by atoms with E-state index in [-0.39, 0.29) is 0 Å². The second kappa shape index (κ2) is 6.52. The van der Waals surface area contributed by atoms with Crippen LogP contribution in [0.25, 0.3) is 0 Å². The highest BCUT2D eigenvalue weighted by atomic mass is 19.3. The number of alkyl halides is 2. The van der Waals surface area contributed by atoms with E-state index >= 15 is 0 Å². The van der Waals surface area contributed by atoms with Crippen LogP contribution in [-0.4, -0.2) is 16.9 Å². The molecule has 1 aromatic carbocycles. The van der Waals surface area contributed by atoms with Crippen LogP contribution in [-0.2, 0) is 17.0 Å². The first kappa shape index (κ1) is 16.3. The van der Waals surface area contributed by atoms with Crippen molar-refractivity contribution in [2.24, 2.45) is 0 Å². The van der Waals surface area contributed by atoms with Gasteiger partial charge in [-0.1, -0.05) is 12.1 Å². The standard InChI is InChI=1S/C17H16F3N3O/c1-24-17(12-5-6-15(18)14(10-12)16(19)20)7-2-4-13(22-17)11-23-9-3-8-21-23/h2-10,16,22H,11H2,1H3. The quantitative estimate of drug-likeness (QED) is 0.909. The zero-order chi connectivity index (χ0) is 17.2. The van der Waals surface area contributed by atoms with Crippen LogP contribution in [0.15, 0.2) is 60.6 Å². The molecule has 4 nitrogen and oxygen atoms in total. The van der Waals surface area contributed by atoms with Crippen molar-refractivity contribution in [3.05, 3.63) is 77.5 Å². The van der Waals surface area contributed by atoms with Gasteiger partial charge >= 0.3 is 0 Å². The molecular formula is C17H16F3N3O. The smallest absolute Gasteiger partial charge is 0.266 e. The predicted molar refractivity (Wildman–Crippen MR) is 82.6 cm³/mol. The van der Waals surface area contributed by atoms with E-state index in [1.54, 1.807) is 29.1 Å². The molecule has 0 saturated carbocycles. The average molecular weight is 335 g/mol. The molecule has 0 amide bonds. The van der Waals surface area contributed by atoms with Gasteiger partial charge in [0.15, 0.2) is 5.72 Å². The molecule has 0 spiro atoms. The molecule has 1 aromatic heterocycles. The molecule has 24 heavy (non-hydrogen) atoms. The largest absolute Gasteiger partial charge is 0.352 e. The molecule has 1 atom stereocenters. The Kier molecular flexibility index (Phi) is 4.44. The molecule has 1 N–H and O–H groups in total. The van der Waals surface area contributed by atoms with Gasteiger partial charge in [0, 0.05) is 30.8 Å². The lowest BCUT2D eigenvalue weighted by molar-refractivity contribution is 0.00425. The average Bonchev–Trinajstić information content (AvgIpc) is 3.08. The maximum absolute atomic E-state index is 13.6. The lowest BCUT2D eigenvalue weighted by atomic mass is 9.97. The van der Waals surface area contributed by atoms with E-state index in [0.29, 0.717) is 12.1 Å². The maximum atomic E-state index is 13.6. The number of benzene rings is 1. The second-order valence-corrected chi connectivity index (χ2v) is 5.36. The highest BCUT2D eigenvalue weighted by molar-refractivity contribution is 5.37. The molecule has 7 heteroatoms. The lowest BCUT2D eigenvalue weighted by Gasteiger charge is -2.35.